The van der Waals surface area contributed by atoms with Crippen LogP contribution in [0.4, 0.5) is 0 Å². The fourth-order valence-corrected chi connectivity index (χ4v) is 2.83. The van der Waals surface area contributed by atoms with Crippen molar-refractivity contribution in [3.63, 3.8) is 0 Å². The van der Waals surface area contributed by atoms with Crippen LogP contribution in [-0.4, -0.2) is 38.0 Å². The highest BCUT2D eigenvalue weighted by Crippen LogP contribution is 2.22. The number of nitrogens with zero attached hydrogens (tertiary/aromatic N) is 5. The highest BCUT2D eigenvalue weighted by Gasteiger charge is 2.20. The van der Waals surface area contributed by atoms with Crippen LogP contribution in [0, 0.1) is 0 Å². The molecule has 0 spiro atoms. The molecule has 1 aliphatic rings. The Hall–Kier alpha value is -2.47. The summed E-state index contributed by atoms with van der Waals surface area (Å²) in [5, 5.41) is 12.9. The predicted octanol–water partition coefficient (Wildman–Crippen LogP) is 2.21. The average molecular weight is 309 g/mol. The maximum Gasteiger partial charge on any atom is 0.0881 e. The van der Waals surface area contributed by atoms with E-state index in [4.69, 9.17) is 4.74 Å². The molecule has 0 radical (unpaired) electrons. The predicted molar refractivity (Wildman–Crippen MR) is 85.5 cm³/mol. The second kappa shape index (κ2) is 6.34. The normalized spacial score (nSPS) is 17.7. The number of hydrogen-bond donors (Lipinski definition) is 0. The first-order chi connectivity index (χ1) is 11.4. The van der Waals surface area contributed by atoms with Crippen molar-refractivity contribution in [2.24, 2.45) is 0 Å². The van der Waals surface area contributed by atoms with Gasteiger partial charge in [0.05, 0.1) is 24.2 Å². The number of aryl methyl sites for hydroxylation is 2. The summed E-state index contributed by atoms with van der Waals surface area (Å²) in [4.78, 5) is 0. The lowest BCUT2D eigenvalue weighted by Gasteiger charge is -2.01. The maximum absolute atomic E-state index is 5.41. The quantitative estimate of drug-likeness (QED) is 0.725. The Bertz CT molecular complexity index is 758. The van der Waals surface area contributed by atoms with Crippen LogP contribution in [0.15, 0.2) is 48.9 Å². The zero-order valence-corrected chi connectivity index (χ0v) is 12.9. The van der Waals surface area contributed by atoms with Crippen LogP contribution < -0.4 is 0 Å². The second-order valence-corrected chi connectivity index (χ2v) is 5.85. The van der Waals surface area contributed by atoms with Gasteiger partial charge in [0.15, 0.2) is 0 Å². The average Bonchev–Trinajstić information content (AvgIpc) is 3.33. The van der Waals surface area contributed by atoms with Gasteiger partial charge in [0.25, 0.3) is 0 Å². The zero-order valence-electron chi connectivity index (χ0n) is 12.9. The van der Waals surface area contributed by atoms with Gasteiger partial charge in [0.2, 0.25) is 0 Å². The molecule has 0 amide bonds. The number of benzene rings is 1. The van der Waals surface area contributed by atoms with E-state index < -0.39 is 0 Å². The molecule has 0 bridgehead atoms. The van der Waals surface area contributed by atoms with Gasteiger partial charge in [-0.1, -0.05) is 23.4 Å². The molecule has 0 saturated carbocycles. The lowest BCUT2D eigenvalue weighted by molar-refractivity contribution is 0.193. The maximum atomic E-state index is 5.41. The standard InChI is InChI=1S/C17H19N5O/c1-2-4-16(5-3-1)22-11-14(10-18-22)6-8-21-12-17(19-20-21)15-7-9-23-13-15/h1-5,10-12,15H,6-9,13H2/t15-/m0/s1. The van der Waals surface area contributed by atoms with E-state index in [1.807, 2.05) is 52.1 Å². The second-order valence-electron chi connectivity index (χ2n) is 5.85. The monoisotopic (exact) mass is 309 g/mol. The van der Waals surface area contributed by atoms with Crippen LogP contribution >= 0.6 is 0 Å². The van der Waals surface area contributed by atoms with E-state index >= 15 is 0 Å². The Kier molecular flexibility index (Phi) is 3.90. The molecule has 2 aromatic heterocycles. The summed E-state index contributed by atoms with van der Waals surface area (Å²) in [6.07, 6.45) is 7.95. The Morgan fingerprint density at radius 3 is 2.91 bits per heavy atom. The third-order valence-corrected chi connectivity index (χ3v) is 4.19. The largest absolute Gasteiger partial charge is 0.381 e. The highest BCUT2D eigenvalue weighted by molar-refractivity contribution is 5.30. The van der Waals surface area contributed by atoms with Crippen molar-refractivity contribution in [1.82, 2.24) is 24.8 Å². The minimum absolute atomic E-state index is 0.407. The molecule has 6 nitrogen and oxygen atoms in total. The van der Waals surface area contributed by atoms with Crippen LogP contribution in [0.1, 0.15) is 23.6 Å². The summed E-state index contributed by atoms with van der Waals surface area (Å²) in [7, 11) is 0. The molecule has 23 heavy (non-hydrogen) atoms. The van der Waals surface area contributed by atoms with Crippen LogP contribution in [0.25, 0.3) is 5.69 Å². The third kappa shape index (κ3) is 3.17. The Morgan fingerprint density at radius 2 is 2.09 bits per heavy atom. The van der Waals surface area contributed by atoms with Crippen molar-refractivity contribution >= 4 is 0 Å². The number of aromatic nitrogens is 5. The van der Waals surface area contributed by atoms with E-state index in [1.165, 1.54) is 5.56 Å². The van der Waals surface area contributed by atoms with E-state index in [-0.39, 0.29) is 0 Å². The molecule has 3 heterocycles. The molecule has 6 heteroatoms. The molecule has 1 saturated heterocycles. The van der Waals surface area contributed by atoms with Gasteiger partial charge in [-0.05, 0) is 30.5 Å². The van der Waals surface area contributed by atoms with Gasteiger partial charge in [-0.15, -0.1) is 5.10 Å². The molecule has 4 rings (SSSR count). The molecule has 0 unspecified atom stereocenters. The van der Waals surface area contributed by atoms with E-state index in [2.05, 4.69) is 21.6 Å². The summed E-state index contributed by atoms with van der Waals surface area (Å²) in [6, 6.07) is 10.1. The van der Waals surface area contributed by atoms with Gasteiger partial charge in [0.1, 0.15) is 0 Å². The summed E-state index contributed by atoms with van der Waals surface area (Å²) in [6.45, 7) is 2.40. The number of rotatable bonds is 5. The third-order valence-electron chi connectivity index (χ3n) is 4.19. The Labute approximate surface area is 134 Å². The molecule has 0 aliphatic carbocycles. The summed E-state index contributed by atoms with van der Waals surface area (Å²) < 4.78 is 9.22. The van der Waals surface area contributed by atoms with Gasteiger partial charge >= 0.3 is 0 Å². The van der Waals surface area contributed by atoms with Crippen molar-refractivity contribution in [3.05, 3.63) is 60.2 Å². The lowest BCUT2D eigenvalue weighted by Crippen LogP contribution is -2.02. The lowest BCUT2D eigenvalue weighted by atomic mass is 10.1. The van der Waals surface area contributed by atoms with Gasteiger partial charge in [0, 0.05) is 31.5 Å². The number of ether oxygens (including phenoxy) is 1. The van der Waals surface area contributed by atoms with Crippen LogP contribution in [0.2, 0.25) is 0 Å². The van der Waals surface area contributed by atoms with Gasteiger partial charge in [-0.25, -0.2) is 4.68 Å². The fourth-order valence-electron chi connectivity index (χ4n) is 2.83. The first-order valence-electron chi connectivity index (χ1n) is 7.95. The minimum Gasteiger partial charge on any atom is -0.381 e. The molecule has 1 aromatic carbocycles. The summed E-state index contributed by atoms with van der Waals surface area (Å²) in [5.41, 5.74) is 3.31. The van der Waals surface area contributed by atoms with Crippen LogP contribution in [-0.2, 0) is 17.7 Å². The highest BCUT2D eigenvalue weighted by atomic mass is 16.5. The van der Waals surface area contributed by atoms with E-state index in [0.717, 1.165) is 44.0 Å². The molecule has 3 aromatic rings. The SMILES string of the molecule is c1ccc(-n2cc(CCn3cc([C@H]4CCOC4)nn3)cn2)cc1. The van der Waals surface area contributed by atoms with Gasteiger partial charge in [-0.2, -0.15) is 5.10 Å². The van der Waals surface area contributed by atoms with E-state index in [1.54, 1.807) is 0 Å². The minimum atomic E-state index is 0.407. The smallest absolute Gasteiger partial charge is 0.0881 e. The summed E-state index contributed by atoms with van der Waals surface area (Å²) in [5.74, 6) is 0.407. The van der Waals surface area contributed by atoms with Crippen LogP contribution in [0.5, 0.6) is 0 Å². The van der Waals surface area contributed by atoms with Crippen LogP contribution in [0.3, 0.4) is 0 Å². The zero-order chi connectivity index (χ0) is 15.5. The van der Waals surface area contributed by atoms with Crippen molar-refractivity contribution in [1.29, 1.82) is 0 Å². The first-order valence-corrected chi connectivity index (χ1v) is 7.95. The molecular formula is C17H19N5O. The molecule has 1 fully saturated rings. The molecule has 0 N–H and O–H groups in total. The van der Waals surface area contributed by atoms with E-state index in [0.29, 0.717) is 5.92 Å². The summed E-state index contributed by atoms with van der Waals surface area (Å²) >= 11 is 0. The number of hydrogen-bond acceptors (Lipinski definition) is 4. The molecule has 1 atom stereocenters. The topological polar surface area (TPSA) is 57.8 Å². The van der Waals surface area contributed by atoms with Crippen molar-refractivity contribution in [2.75, 3.05) is 13.2 Å². The Balaban J connectivity index is 1.39. The fraction of sp³-hybridized carbons (Fsp3) is 0.353. The molecule has 1 aliphatic heterocycles. The number of para-hydroxylation sites is 1. The Morgan fingerprint density at radius 1 is 1.17 bits per heavy atom. The van der Waals surface area contributed by atoms with Gasteiger partial charge < -0.3 is 4.74 Å². The van der Waals surface area contributed by atoms with Crippen molar-refractivity contribution in [3.8, 4) is 5.69 Å². The van der Waals surface area contributed by atoms with Crippen molar-refractivity contribution in [2.45, 2.75) is 25.3 Å². The van der Waals surface area contributed by atoms with E-state index in [9.17, 15) is 0 Å². The van der Waals surface area contributed by atoms with Crippen molar-refractivity contribution < 1.29 is 4.74 Å². The first kappa shape index (κ1) is 14.1. The molecule has 118 valence electrons. The van der Waals surface area contributed by atoms with Gasteiger partial charge in [-0.3, -0.25) is 4.68 Å². The molecular weight excluding hydrogens is 290 g/mol.